The van der Waals surface area contributed by atoms with Crippen LogP contribution in [0, 0.1) is 12.8 Å². The maximum absolute atomic E-state index is 12.7. The first-order valence-electron chi connectivity index (χ1n) is 8.90. The van der Waals surface area contributed by atoms with E-state index in [9.17, 15) is 9.59 Å². The number of aryl methyl sites for hydroxylation is 1. The monoisotopic (exact) mass is 386 g/mol. The van der Waals surface area contributed by atoms with Gasteiger partial charge >= 0.3 is 0 Å². The number of halogens is 1. The molecule has 0 aliphatic carbocycles. The molecule has 27 heavy (non-hydrogen) atoms. The standard InChI is InChI=1S/C21H23ClN2O3/c1-13-8-9-19(27-3)18(10-13)24-12-15(11-20(24)25)21(26)23-14(2)16-6-4-5-7-17(16)22/h4-10,14-15H,11-12H2,1-3H3,(H,23,26). The van der Waals surface area contributed by atoms with Crippen molar-refractivity contribution < 1.29 is 14.3 Å². The minimum atomic E-state index is -0.410. The van der Waals surface area contributed by atoms with Crippen molar-refractivity contribution in [1.82, 2.24) is 5.32 Å². The highest BCUT2D eigenvalue weighted by atomic mass is 35.5. The maximum Gasteiger partial charge on any atom is 0.227 e. The Hall–Kier alpha value is -2.53. The summed E-state index contributed by atoms with van der Waals surface area (Å²) < 4.78 is 5.38. The lowest BCUT2D eigenvalue weighted by Gasteiger charge is -2.21. The maximum atomic E-state index is 12.7. The average molecular weight is 387 g/mol. The van der Waals surface area contributed by atoms with Gasteiger partial charge in [0.25, 0.3) is 0 Å². The van der Waals surface area contributed by atoms with E-state index in [1.165, 1.54) is 0 Å². The Bertz CT molecular complexity index is 868. The van der Waals surface area contributed by atoms with Gasteiger partial charge in [0.2, 0.25) is 11.8 Å². The number of hydrogen-bond donors (Lipinski definition) is 1. The van der Waals surface area contributed by atoms with E-state index in [-0.39, 0.29) is 24.3 Å². The fraction of sp³-hybridized carbons (Fsp3) is 0.333. The molecular formula is C21H23ClN2O3. The molecule has 3 rings (SSSR count). The van der Waals surface area contributed by atoms with Gasteiger partial charge in [0.05, 0.1) is 24.8 Å². The van der Waals surface area contributed by atoms with Crippen LogP contribution in [0.25, 0.3) is 0 Å². The number of carbonyl (C=O) groups excluding carboxylic acids is 2. The minimum Gasteiger partial charge on any atom is -0.495 e. The lowest BCUT2D eigenvalue weighted by Crippen LogP contribution is -2.34. The van der Waals surface area contributed by atoms with Gasteiger partial charge in [-0.3, -0.25) is 9.59 Å². The average Bonchev–Trinajstić information content (AvgIpc) is 3.03. The number of anilines is 1. The minimum absolute atomic E-state index is 0.0792. The fourth-order valence-corrected chi connectivity index (χ4v) is 3.66. The molecule has 1 N–H and O–H groups in total. The Morgan fingerprint density at radius 1 is 1.30 bits per heavy atom. The SMILES string of the molecule is COc1ccc(C)cc1N1CC(C(=O)NC(C)c2ccccc2Cl)CC1=O. The van der Waals surface area contributed by atoms with Crippen molar-refractivity contribution in [2.75, 3.05) is 18.6 Å². The number of benzene rings is 2. The summed E-state index contributed by atoms with van der Waals surface area (Å²) in [5.41, 5.74) is 2.59. The Morgan fingerprint density at radius 2 is 2.04 bits per heavy atom. The molecule has 1 fully saturated rings. The van der Waals surface area contributed by atoms with Gasteiger partial charge in [-0.05, 0) is 43.2 Å². The normalized spacial score (nSPS) is 17.7. The molecule has 2 amide bonds. The zero-order valence-corrected chi connectivity index (χ0v) is 16.4. The Balaban J connectivity index is 1.73. The van der Waals surface area contributed by atoms with E-state index in [2.05, 4.69) is 5.32 Å². The summed E-state index contributed by atoms with van der Waals surface area (Å²) in [4.78, 5) is 26.9. The van der Waals surface area contributed by atoms with E-state index < -0.39 is 5.92 Å². The third-order valence-corrected chi connectivity index (χ3v) is 5.20. The number of amides is 2. The predicted molar refractivity (Wildman–Crippen MR) is 106 cm³/mol. The Labute approximate surface area is 164 Å². The molecule has 0 spiro atoms. The summed E-state index contributed by atoms with van der Waals surface area (Å²) in [7, 11) is 1.57. The second-order valence-electron chi connectivity index (χ2n) is 6.83. The Kier molecular flexibility index (Phi) is 5.71. The first kappa shape index (κ1) is 19.2. The number of rotatable bonds is 5. The molecular weight excluding hydrogens is 364 g/mol. The summed E-state index contributed by atoms with van der Waals surface area (Å²) in [6.07, 6.45) is 0.179. The third kappa shape index (κ3) is 4.08. The van der Waals surface area contributed by atoms with E-state index in [0.717, 1.165) is 11.1 Å². The molecule has 142 valence electrons. The van der Waals surface area contributed by atoms with Crippen molar-refractivity contribution in [3.05, 3.63) is 58.6 Å². The molecule has 0 bridgehead atoms. The van der Waals surface area contributed by atoms with Crippen LogP contribution in [-0.2, 0) is 9.59 Å². The highest BCUT2D eigenvalue weighted by Gasteiger charge is 2.36. The summed E-state index contributed by atoms with van der Waals surface area (Å²) >= 11 is 6.21. The molecule has 1 saturated heterocycles. The van der Waals surface area contributed by atoms with Crippen LogP contribution in [-0.4, -0.2) is 25.5 Å². The number of nitrogens with one attached hydrogen (secondary N) is 1. The first-order valence-corrected chi connectivity index (χ1v) is 9.28. The van der Waals surface area contributed by atoms with Crippen LogP contribution < -0.4 is 15.0 Å². The number of methoxy groups -OCH3 is 1. The van der Waals surface area contributed by atoms with Crippen molar-refractivity contribution in [2.24, 2.45) is 5.92 Å². The number of nitrogens with zero attached hydrogens (tertiary/aromatic N) is 1. The zero-order valence-electron chi connectivity index (χ0n) is 15.7. The van der Waals surface area contributed by atoms with Crippen molar-refractivity contribution >= 4 is 29.1 Å². The van der Waals surface area contributed by atoms with E-state index in [1.54, 1.807) is 18.1 Å². The van der Waals surface area contributed by atoms with Crippen LogP contribution in [0.4, 0.5) is 5.69 Å². The summed E-state index contributed by atoms with van der Waals surface area (Å²) in [6, 6.07) is 12.9. The van der Waals surface area contributed by atoms with Gasteiger partial charge in [0.1, 0.15) is 5.75 Å². The van der Waals surface area contributed by atoms with Gasteiger partial charge in [0, 0.05) is 18.0 Å². The van der Waals surface area contributed by atoms with E-state index in [0.29, 0.717) is 23.0 Å². The molecule has 2 unspecified atom stereocenters. The quantitative estimate of drug-likeness (QED) is 0.848. The van der Waals surface area contributed by atoms with Crippen LogP contribution in [0.2, 0.25) is 5.02 Å². The molecule has 6 heteroatoms. The molecule has 0 aromatic heterocycles. The lowest BCUT2D eigenvalue weighted by molar-refractivity contribution is -0.126. The second kappa shape index (κ2) is 8.01. The number of carbonyl (C=O) groups is 2. The van der Waals surface area contributed by atoms with Gasteiger partial charge in [-0.2, -0.15) is 0 Å². The molecule has 0 radical (unpaired) electrons. The number of ether oxygens (including phenoxy) is 1. The van der Waals surface area contributed by atoms with E-state index in [1.807, 2.05) is 50.2 Å². The smallest absolute Gasteiger partial charge is 0.227 e. The van der Waals surface area contributed by atoms with Crippen LogP contribution in [0.5, 0.6) is 5.75 Å². The summed E-state index contributed by atoms with van der Waals surface area (Å²) in [6.45, 7) is 4.18. The van der Waals surface area contributed by atoms with Crippen LogP contribution in [0.3, 0.4) is 0 Å². The van der Waals surface area contributed by atoms with Gasteiger partial charge < -0.3 is 15.0 Å². The largest absolute Gasteiger partial charge is 0.495 e. The van der Waals surface area contributed by atoms with Crippen LogP contribution in [0.1, 0.15) is 30.5 Å². The predicted octanol–water partition coefficient (Wildman–Crippen LogP) is 3.89. The summed E-state index contributed by atoms with van der Waals surface area (Å²) in [5.74, 6) is -0.0126. The van der Waals surface area contributed by atoms with Crippen LogP contribution >= 0.6 is 11.6 Å². The van der Waals surface area contributed by atoms with Crippen molar-refractivity contribution in [2.45, 2.75) is 26.3 Å². The molecule has 1 aliphatic rings. The summed E-state index contributed by atoms with van der Waals surface area (Å²) in [5, 5.41) is 3.59. The molecule has 2 aromatic carbocycles. The highest BCUT2D eigenvalue weighted by Crippen LogP contribution is 2.34. The molecule has 2 atom stereocenters. The van der Waals surface area contributed by atoms with Crippen molar-refractivity contribution in [3.63, 3.8) is 0 Å². The third-order valence-electron chi connectivity index (χ3n) is 4.85. The topological polar surface area (TPSA) is 58.6 Å². The first-order chi connectivity index (χ1) is 12.9. The van der Waals surface area contributed by atoms with Gasteiger partial charge in [-0.25, -0.2) is 0 Å². The molecule has 2 aromatic rings. The van der Waals surface area contributed by atoms with Gasteiger partial charge in [-0.15, -0.1) is 0 Å². The van der Waals surface area contributed by atoms with Crippen LogP contribution in [0.15, 0.2) is 42.5 Å². The van der Waals surface area contributed by atoms with Gasteiger partial charge in [-0.1, -0.05) is 35.9 Å². The van der Waals surface area contributed by atoms with E-state index >= 15 is 0 Å². The fourth-order valence-electron chi connectivity index (χ4n) is 3.36. The molecule has 5 nitrogen and oxygen atoms in total. The van der Waals surface area contributed by atoms with Crippen molar-refractivity contribution in [1.29, 1.82) is 0 Å². The molecule has 1 heterocycles. The Morgan fingerprint density at radius 3 is 2.74 bits per heavy atom. The molecule has 1 aliphatic heterocycles. The lowest BCUT2D eigenvalue weighted by atomic mass is 10.0. The molecule has 0 saturated carbocycles. The van der Waals surface area contributed by atoms with E-state index in [4.69, 9.17) is 16.3 Å². The zero-order chi connectivity index (χ0) is 19.6. The van der Waals surface area contributed by atoms with Crippen molar-refractivity contribution in [3.8, 4) is 5.75 Å². The second-order valence-corrected chi connectivity index (χ2v) is 7.24. The van der Waals surface area contributed by atoms with Gasteiger partial charge in [0.15, 0.2) is 0 Å². The number of hydrogen-bond acceptors (Lipinski definition) is 3. The highest BCUT2D eigenvalue weighted by molar-refractivity contribution is 6.31.